The SMILES string of the molecule is CCC(C)NC(=O)c1ccccc1NC(=S)NC(=O)/C=C/c1ccccc1. The molecule has 0 radical (unpaired) electrons. The highest BCUT2D eigenvalue weighted by Crippen LogP contribution is 2.15. The van der Waals surface area contributed by atoms with E-state index in [9.17, 15) is 9.59 Å². The Morgan fingerprint density at radius 3 is 2.44 bits per heavy atom. The first-order valence-corrected chi connectivity index (χ1v) is 9.15. The molecule has 0 bridgehead atoms. The molecule has 2 rings (SSSR count). The highest BCUT2D eigenvalue weighted by molar-refractivity contribution is 7.80. The predicted octanol–water partition coefficient (Wildman–Crippen LogP) is 3.74. The van der Waals surface area contributed by atoms with Crippen molar-refractivity contribution in [1.29, 1.82) is 0 Å². The van der Waals surface area contributed by atoms with Crippen molar-refractivity contribution in [3.05, 3.63) is 71.8 Å². The summed E-state index contributed by atoms with van der Waals surface area (Å²) >= 11 is 5.19. The van der Waals surface area contributed by atoms with Gasteiger partial charge in [-0.25, -0.2) is 0 Å². The number of thiocarbonyl (C=S) groups is 1. The zero-order chi connectivity index (χ0) is 19.6. The number of para-hydroxylation sites is 1. The van der Waals surface area contributed by atoms with Gasteiger partial charge in [-0.3, -0.25) is 14.9 Å². The van der Waals surface area contributed by atoms with Gasteiger partial charge in [0.05, 0.1) is 11.3 Å². The fourth-order valence-corrected chi connectivity index (χ4v) is 2.45. The molecule has 6 heteroatoms. The fraction of sp³-hybridized carbons (Fsp3) is 0.190. The van der Waals surface area contributed by atoms with E-state index < -0.39 is 0 Å². The van der Waals surface area contributed by atoms with Gasteiger partial charge in [-0.05, 0) is 49.3 Å². The van der Waals surface area contributed by atoms with Crippen LogP contribution in [0.25, 0.3) is 6.08 Å². The summed E-state index contributed by atoms with van der Waals surface area (Å²) in [5.41, 5.74) is 1.92. The average molecular weight is 382 g/mol. The lowest BCUT2D eigenvalue weighted by atomic mass is 10.1. The van der Waals surface area contributed by atoms with Crippen LogP contribution in [-0.2, 0) is 4.79 Å². The normalized spacial score (nSPS) is 11.6. The molecule has 2 aromatic carbocycles. The summed E-state index contributed by atoms with van der Waals surface area (Å²) in [6.45, 7) is 3.95. The Morgan fingerprint density at radius 2 is 1.74 bits per heavy atom. The molecular formula is C21H23N3O2S. The molecule has 0 spiro atoms. The Bertz CT molecular complexity index is 834. The summed E-state index contributed by atoms with van der Waals surface area (Å²) in [4.78, 5) is 24.4. The molecule has 1 atom stereocenters. The number of carbonyl (C=O) groups excluding carboxylic acids is 2. The number of amides is 2. The van der Waals surface area contributed by atoms with Crippen LogP contribution < -0.4 is 16.0 Å². The fourth-order valence-electron chi connectivity index (χ4n) is 2.24. The lowest BCUT2D eigenvalue weighted by molar-refractivity contribution is -0.115. The van der Waals surface area contributed by atoms with Crippen LogP contribution in [0.5, 0.6) is 0 Å². The smallest absolute Gasteiger partial charge is 0.253 e. The Morgan fingerprint density at radius 1 is 1.07 bits per heavy atom. The van der Waals surface area contributed by atoms with Crippen molar-refractivity contribution in [3.8, 4) is 0 Å². The highest BCUT2D eigenvalue weighted by Gasteiger charge is 2.13. The maximum atomic E-state index is 12.4. The van der Waals surface area contributed by atoms with E-state index in [0.717, 1.165) is 12.0 Å². The predicted molar refractivity (Wildman–Crippen MR) is 114 cm³/mol. The van der Waals surface area contributed by atoms with Gasteiger partial charge in [0.25, 0.3) is 5.91 Å². The number of benzene rings is 2. The first-order chi connectivity index (χ1) is 13.0. The molecule has 0 heterocycles. The van der Waals surface area contributed by atoms with Crippen molar-refractivity contribution in [1.82, 2.24) is 10.6 Å². The monoisotopic (exact) mass is 381 g/mol. The van der Waals surface area contributed by atoms with E-state index >= 15 is 0 Å². The van der Waals surface area contributed by atoms with E-state index in [0.29, 0.717) is 11.3 Å². The van der Waals surface area contributed by atoms with Crippen LogP contribution in [0.1, 0.15) is 36.2 Å². The van der Waals surface area contributed by atoms with Gasteiger partial charge in [0, 0.05) is 12.1 Å². The third-order valence-corrected chi connectivity index (χ3v) is 4.08. The maximum Gasteiger partial charge on any atom is 0.253 e. The molecule has 0 fully saturated rings. The molecule has 0 aliphatic carbocycles. The van der Waals surface area contributed by atoms with Gasteiger partial charge < -0.3 is 10.6 Å². The van der Waals surface area contributed by atoms with Crippen molar-refractivity contribution in [2.75, 3.05) is 5.32 Å². The van der Waals surface area contributed by atoms with Gasteiger partial charge >= 0.3 is 0 Å². The lowest BCUT2D eigenvalue weighted by Gasteiger charge is -2.15. The Balaban J connectivity index is 1.98. The summed E-state index contributed by atoms with van der Waals surface area (Å²) < 4.78 is 0. The third-order valence-electron chi connectivity index (χ3n) is 3.87. The van der Waals surface area contributed by atoms with Crippen molar-refractivity contribution in [2.45, 2.75) is 26.3 Å². The number of nitrogens with one attached hydrogen (secondary N) is 3. The van der Waals surface area contributed by atoms with Crippen molar-refractivity contribution in [3.63, 3.8) is 0 Å². The summed E-state index contributed by atoms with van der Waals surface area (Å²) in [6, 6.07) is 16.6. The minimum absolute atomic E-state index is 0.0698. The van der Waals surface area contributed by atoms with Gasteiger partial charge in [0.2, 0.25) is 5.91 Å². The van der Waals surface area contributed by atoms with Crippen LogP contribution in [0.3, 0.4) is 0 Å². The second kappa shape index (κ2) is 10.2. The molecule has 0 saturated carbocycles. The first-order valence-electron chi connectivity index (χ1n) is 8.74. The van der Waals surface area contributed by atoms with E-state index in [4.69, 9.17) is 12.2 Å². The van der Waals surface area contributed by atoms with Gasteiger partial charge in [-0.2, -0.15) is 0 Å². The number of carbonyl (C=O) groups is 2. The Labute approximate surface area is 164 Å². The van der Waals surface area contributed by atoms with Gasteiger partial charge in [0.1, 0.15) is 0 Å². The Hall–Kier alpha value is -2.99. The molecule has 2 aromatic rings. The molecule has 2 amide bonds. The molecule has 3 N–H and O–H groups in total. The number of hydrogen-bond donors (Lipinski definition) is 3. The molecule has 140 valence electrons. The highest BCUT2D eigenvalue weighted by atomic mass is 32.1. The molecule has 0 aliphatic heterocycles. The van der Waals surface area contributed by atoms with Crippen molar-refractivity contribution >= 4 is 40.9 Å². The zero-order valence-corrected chi connectivity index (χ0v) is 16.2. The number of rotatable bonds is 6. The number of anilines is 1. The summed E-state index contributed by atoms with van der Waals surface area (Å²) in [5.74, 6) is -0.538. The van der Waals surface area contributed by atoms with E-state index in [-0.39, 0.29) is 23.0 Å². The van der Waals surface area contributed by atoms with E-state index in [1.165, 1.54) is 6.08 Å². The van der Waals surface area contributed by atoms with Crippen LogP contribution in [0.4, 0.5) is 5.69 Å². The topological polar surface area (TPSA) is 70.2 Å². The van der Waals surface area contributed by atoms with Crippen LogP contribution in [-0.4, -0.2) is 23.0 Å². The van der Waals surface area contributed by atoms with Gasteiger partial charge in [-0.1, -0.05) is 49.4 Å². The molecule has 0 aromatic heterocycles. The molecule has 27 heavy (non-hydrogen) atoms. The quantitative estimate of drug-likeness (QED) is 0.527. The lowest BCUT2D eigenvalue weighted by Crippen LogP contribution is -2.35. The first kappa shape index (κ1) is 20.3. The van der Waals surface area contributed by atoms with Gasteiger partial charge in [0.15, 0.2) is 5.11 Å². The minimum atomic E-state index is -0.349. The average Bonchev–Trinajstić information content (AvgIpc) is 2.67. The van der Waals surface area contributed by atoms with E-state index in [2.05, 4.69) is 16.0 Å². The zero-order valence-electron chi connectivity index (χ0n) is 15.4. The van der Waals surface area contributed by atoms with E-state index in [1.54, 1.807) is 30.3 Å². The van der Waals surface area contributed by atoms with Crippen molar-refractivity contribution in [2.24, 2.45) is 0 Å². The third kappa shape index (κ3) is 6.67. The largest absolute Gasteiger partial charge is 0.350 e. The van der Waals surface area contributed by atoms with Crippen LogP contribution in [0, 0.1) is 0 Å². The molecule has 0 saturated heterocycles. The standard InChI is InChI=1S/C21H23N3O2S/c1-3-15(2)22-20(26)17-11-7-8-12-18(17)23-21(27)24-19(25)14-13-16-9-5-4-6-10-16/h4-15H,3H2,1-2H3,(H,22,26)(H2,23,24,25,27)/b14-13+. The second-order valence-electron chi connectivity index (χ2n) is 6.02. The molecule has 1 unspecified atom stereocenters. The van der Waals surface area contributed by atoms with Crippen LogP contribution in [0.15, 0.2) is 60.7 Å². The maximum absolute atomic E-state index is 12.4. The van der Waals surface area contributed by atoms with Gasteiger partial charge in [-0.15, -0.1) is 0 Å². The second-order valence-corrected chi connectivity index (χ2v) is 6.42. The Kier molecular flexibility index (Phi) is 7.70. The molecular weight excluding hydrogens is 358 g/mol. The minimum Gasteiger partial charge on any atom is -0.350 e. The molecule has 0 aliphatic rings. The van der Waals surface area contributed by atoms with E-state index in [1.807, 2.05) is 44.2 Å². The van der Waals surface area contributed by atoms with Crippen LogP contribution >= 0.6 is 12.2 Å². The van der Waals surface area contributed by atoms with Crippen molar-refractivity contribution < 1.29 is 9.59 Å². The molecule has 5 nitrogen and oxygen atoms in total. The summed E-state index contributed by atoms with van der Waals surface area (Å²) in [6.07, 6.45) is 3.94. The number of hydrogen-bond acceptors (Lipinski definition) is 3. The summed E-state index contributed by atoms with van der Waals surface area (Å²) in [7, 11) is 0. The van der Waals surface area contributed by atoms with Crippen LogP contribution in [0.2, 0.25) is 0 Å². The summed E-state index contributed by atoms with van der Waals surface area (Å²) in [5, 5.41) is 8.54.